The van der Waals surface area contributed by atoms with Gasteiger partial charge in [0.15, 0.2) is 0 Å². The third-order valence-electron chi connectivity index (χ3n) is 7.36. The topological polar surface area (TPSA) is 35.2 Å². The number of aromatic nitrogens is 1. The molecule has 0 radical (unpaired) electrons. The zero-order valence-corrected chi connectivity index (χ0v) is 29.5. The maximum Gasteiger partial charge on any atom is 3.00 e. The minimum Gasteiger partial charge on any atom is -0.811 e. The van der Waals surface area contributed by atoms with E-state index >= 15 is 0 Å². The van der Waals surface area contributed by atoms with Gasteiger partial charge in [0.1, 0.15) is 0 Å². The fourth-order valence-corrected chi connectivity index (χ4v) is 5.62. The van der Waals surface area contributed by atoms with E-state index in [9.17, 15) is 0 Å². The monoisotopic (exact) mass is 802 g/mol. The fourth-order valence-electron chi connectivity index (χ4n) is 4.54. The molecule has 0 atom stereocenters. The smallest absolute Gasteiger partial charge is 0.811 e. The first-order valence-corrected chi connectivity index (χ1v) is 15.3. The Hall–Kier alpha value is -4.21. The average Bonchev–Trinajstić information content (AvgIpc) is 3.36. The van der Waals surface area contributed by atoms with Crippen molar-refractivity contribution >= 4 is 40.3 Å². The number of nitrogens with zero attached hydrogens (tertiary/aromatic N) is 2. The molecule has 46 heavy (non-hydrogen) atoms. The van der Waals surface area contributed by atoms with Crippen molar-refractivity contribution in [2.75, 3.05) is 0 Å². The Bertz CT molecular complexity index is 2070. The van der Waals surface area contributed by atoms with Crippen molar-refractivity contribution in [3.05, 3.63) is 176 Å². The van der Waals surface area contributed by atoms with Gasteiger partial charge in [-0.25, -0.2) is 0 Å². The van der Waals surface area contributed by atoms with Crippen molar-refractivity contribution in [2.24, 2.45) is 0 Å². The van der Waals surface area contributed by atoms with Crippen molar-refractivity contribution in [1.29, 1.82) is 0 Å². The van der Waals surface area contributed by atoms with Gasteiger partial charge in [0.25, 0.3) is 0 Å². The molecular formula is C42H39IrN2S. The van der Waals surface area contributed by atoms with Crippen LogP contribution in [0.5, 0.6) is 0 Å². The summed E-state index contributed by atoms with van der Waals surface area (Å²) in [5.74, 6) is 0. The maximum atomic E-state index is 9.04. The Labute approximate surface area is 301 Å². The Morgan fingerprint density at radius 3 is 2.37 bits per heavy atom. The molecule has 0 saturated carbocycles. The molecule has 4 heteroatoms. The van der Waals surface area contributed by atoms with Crippen LogP contribution < -0.4 is 0 Å². The summed E-state index contributed by atoms with van der Waals surface area (Å²) in [6.45, 7) is 7.83. The second kappa shape index (κ2) is 17.5. The maximum absolute atomic E-state index is 9.04. The third-order valence-corrected chi connectivity index (χ3v) is 8.64. The minimum absolute atomic E-state index is 0. The van der Waals surface area contributed by atoms with Gasteiger partial charge in [0.2, 0.25) is 0 Å². The molecule has 5 rings (SSSR count). The molecule has 0 bridgehead atoms. The van der Waals surface area contributed by atoms with Crippen LogP contribution in [0.15, 0.2) is 110 Å². The van der Waals surface area contributed by atoms with Crippen molar-refractivity contribution in [3.8, 4) is 11.3 Å². The van der Waals surface area contributed by atoms with Crippen LogP contribution >= 0.6 is 11.3 Å². The van der Waals surface area contributed by atoms with E-state index in [1.165, 1.54) is 34.3 Å². The summed E-state index contributed by atoms with van der Waals surface area (Å²) in [6, 6.07) is 30.3. The molecule has 0 amide bonds. The van der Waals surface area contributed by atoms with E-state index in [-0.39, 0.29) is 31.2 Å². The van der Waals surface area contributed by atoms with E-state index in [4.69, 9.17) is 13.6 Å². The van der Waals surface area contributed by atoms with Crippen LogP contribution in [0.3, 0.4) is 0 Å². The van der Waals surface area contributed by atoms with Gasteiger partial charge in [-0.3, -0.25) is 0 Å². The van der Waals surface area contributed by atoms with Crippen LogP contribution in [0, 0.1) is 46.6 Å². The van der Waals surface area contributed by atoms with E-state index in [0.29, 0.717) is 22.4 Å². The van der Waals surface area contributed by atoms with Gasteiger partial charge >= 0.3 is 20.1 Å². The van der Waals surface area contributed by atoms with Gasteiger partial charge in [-0.15, -0.1) is 82.1 Å². The van der Waals surface area contributed by atoms with Crippen LogP contribution in [-0.4, -0.2) is 11.2 Å². The normalized spacial score (nSPS) is 13.9. The predicted octanol–water partition coefficient (Wildman–Crippen LogP) is 11.5. The van der Waals surface area contributed by atoms with Gasteiger partial charge in [0.05, 0.1) is 0 Å². The molecule has 232 valence electrons. The summed E-state index contributed by atoms with van der Waals surface area (Å²) < 4.78 is 46.2. The Kier molecular flexibility index (Phi) is 10.7. The molecule has 0 N–H and O–H groups in total. The first-order chi connectivity index (χ1) is 24.1. The summed E-state index contributed by atoms with van der Waals surface area (Å²) in [6.07, 6.45) is 9.92. The Morgan fingerprint density at radius 2 is 1.76 bits per heavy atom. The van der Waals surface area contributed by atoms with E-state index in [0.717, 1.165) is 33.4 Å². The van der Waals surface area contributed by atoms with E-state index in [1.807, 2.05) is 79.7 Å². The third kappa shape index (κ3) is 9.64. The van der Waals surface area contributed by atoms with Gasteiger partial charge in [0, 0.05) is 24.2 Å². The van der Waals surface area contributed by atoms with E-state index < -0.39 is 13.7 Å². The minimum atomic E-state index is -2.33. The molecule has 0 fully saturated rings. The van der Waals surface area contributed by atoms with Crippen LogP contribution in [0.25, 0.3) is 39.5 Å². The molecule has 5 aromatic rings. The van der Waals surface area contributed by atoms with Crippen molar-refractivity contribution in [1.82, 2.24) is 4.98 Å². The van der Waals surface area contributed by atoms with E-state index in [1.54, 1.807) is 29.5 Å². The fraction of sp³-hybridized carbons (Fsp3) is 0.143. The van der Waals surface area contributed by atoms with Crippen LogP contribution in [0.4, 0.5) is 0 Å². The van der Waals surface area contributed by atoms with Crippen LogP contribution in [0.1, 0.15) is 63.8 Å². The van der Waals surface area contributed by atoms with Gasteiger partial charge < -0.3 is 10.4 Å². The first-order valence-electron chi connectivity index (χ1n) is 17.5. The second-order valence-corrected chi connectivity index (χ2v) is 11.7. The first kappa shape index (κ1) is 28.0. The SMILES string of the molecule is C/C(=C\C(=C/C=[N-])c1ccccc1)c1[c-]cccc1.[2H]C([2H])([2H])c1ccc(-c2[c-]cc(C([2H])([2H])[2H])c(C(=C)/C=C\c3sc(C)c(C)c3C)c2)nc1.[Ir+3]. The predicted molar refractivity (Wildman–Crippen MR) is 197 cm³/mol. The quantitative estimate of drug-likeness (QED) is 0.0874. The molecule has 3 aromatic carbocycles. The number of rotatable bonds is 8. The average molecular weight is 802 g/mol. The molecule has 0 aliphatic carbocycles. The number of allylic oxidation sites excluding steroid dienone is 6. The largest absolute Gasteiger partial charge is 3.00 e. The van der Waals surface area contributed by atoms with Crippen molar-refractivity contribution in [2.45, 2.75) is 41.4 Å². The van der Waals surface area contributed by atoms with Gasteiger partial charge in [-0.05, 0) is 72.8 Å². The molecular weight excluding hydrogens is 757 g/mol. The van der Waals surface area contributed by atoms with Crippen molar-refractivity contribution in [3.63, 3.8) is 0 Å². The molecule has 0 spiro atoms. The molecule has 0 saturated heterocycles. The molecule has 0 aliphatic rings. The van der Waals surface area contributed by atoms with E-state index in [2.05, 4.69) is 44.5 Å². The Morgan fingerprint density at radius 1 is 0.978 bits per heavy atom. The number of hydrogen-bond acceptors (Lipinski definition) is 2. The number of hydrogen-bond donors (Lipinski definition) is 0. The zero-order valence-electron chi connectivity index (χ0n) is 32.3. The summed E-state index contributed by atoms with van der Waals surface area (Å²) in [7, 11) is 0. The summed E-state index contributed by atoms with van der Waals surface area (Å²) in [4.78, 5) is 6.61. The van der Waals surface area contributed by atoms with Crippen LogP contribution in [-0.2, 0) is 20.1 Å². The molecule has 2 nitrogen and oxygen atoms in total. The molecule has 2 heterocycles. The number of pyridine rings is 1. The standard InChI is InChI=1S/C24H24NS.C18H15N.Ir/c1-15-7-11-23(25-14-15)21-10-8-16(2)22(13-21)17(3)9-12-24-19(5)18(4)20(6)26-24;1-15(16-8-4-2-5-9-16)14-18(12-13-19)17-10-6-3-7-11-17;/h7-9,11-14H,3H2,1-2,4-6H3;2-8,10-14H,1H3;/q-1;-2;+3/b12-9-;15-14+,18-12+;/i1D3,2D3;;. The summed E-state index contributed by atoms with van der Waals surface area (Å²) in [5, 5.41) is 9.04. The second-order valence-electron chi connectivity index (χ2n) is 10.5. The zero-order chi connectivity index (χ0) is 37.3. The van der Waals surface area contributed by atoms with Crippen molar-refractivity contribution < 1.29 is 28.3 Å². The summed E-state index contributed by atoms with van der Waals surface area (Å²) in [5.41, 5.74) is 9.09. The summed E-state index contributed by atoms with van der Waals surface area (Å²) >= 11 is 1.69. The molecule has 0 unspecified atom stereocenters. The molecule has 0 aliphatic heterocycles. The van der Waals surface area contributed by atoms with Gasteiger partial charge in [-0.2, -0.15) is 6.21 Å². The number of aryl methyl sites for hydroxylation is 3. The van der Waals surface area contributed by atoms with Gasteiger partial charge in [-0.1, -0.05) is 86.6 Å². The molecule has 2 aromatic heterocycles. The number of thiophene rings is 1. The Balaban J connectivity index is 0.000000311. The number of benzene rings is 3. The van der Waals surface area contributed by atoms with Crippen LogP contribution in [0.2, 0.25) is 0 Å².